The quantitative estimate of drug-likeness (QED) is 0.0167. The van der Waals surface area contributed by atoms with Crippen LogP contribution in [-0.2, 0) is 99.1 Å². The highest BCUT2D eigenvalue weighted by atomic mass is 16.4. The van der Waals surface area contributed by atoms with Gasteiger partial charge in [0, 0.05) is 44.8 Å². The van der Waals surface area contributed by atoms with Gasteiger partial charge in [0.2, 0.25) is 94.5 Å². The van der Waals surface area contributed by atoms with E-state index in [1.54, 1.807) is 99.6 Å². The molecule has 0 unspecified atom stereocenters. The number of carboxylic acid groups (broad SMARTS) is 2. The van der Waals surface area contributed by atoms with Crippen LogP contribution in [0.4, 0.5) is 0 Å². The fourth-order valence-corrected chi connectivity index (χ4v) is 13.3. The van der Waals surface area contributed by atoms with Crippen molar-refractivity contribution in [1.82, 2.24) is 89.7 Å². The second-order valence-corrected chi connectivity index (χ2v) is 33.3. The molecule has 0 spiro atoms. The zero-order valence-corrected chi connectivity index (χ0v) is 76.2. The predicted octanol–water partition coefficient (Wildman–Crippen LogP) is -5.48. The van der Waals surface area contributed by atoms with E-state index in [4.69, 9.17) is 39.8 Å². The van der Waals surface area contributed by atoms with Crippen LogP contribution in [-0.4, -0.2) is 266 Å². The first-order valence-electron chi connectivity index (χ1n) is 44.1. The fourth-order valence-electron chi connectivity index (χ4n) is 13.3. The molecule has 46 heteroatoms. The van der Waals surface area contributed by atoms with Crippen LogP contribution in [0.3, 0.4) is 0 Å². The molecule has 0 saturated heterocycles. The van der Waals surface area contributed by atoms with Crippen LogP contribution in [0.25, 0.3) is 0 Å². The Morgan fingerprint density at radius 1 is 0.415 bits per heavy atom. The van der Waals surface area contributed by atoms with Gasteiger partial charge in [-0.1, -0.05) is 119 Å². The molecule has 0 aliphatic heterocycles. The number of imidazole rings is 1. The summed E-state index contributed by atoms with van der Waals surface area (Å²) in [4.78, 5) is 258. The summed E-state index contributed by atoms with van der Waals surface area (Å²) in [6.07, 6.45) is -1.63. The number of aromatic amines is 1. The second-order valence-electron chi connectivity index (χ2n) is 33.3. The summed E-state index contributed by atoms with van der Waals surface area (Å²) in [7, 11) is 0. The second kappa shape index (κ2) is 60.0. The number of nitrogens with two attached hydrogens (primary N) is 6. The number of carboxylic acids is 2. The highest BCUT2D eigenvalue weighted by molar-refractivity contribution is 6.01. The number of primary amides is 2. The maximum Gasteiger partial charge on any atom is 0.326 e. The summed E-state index contributed by atoms with van der Waals surface area (Å²) in [6.45, 7) is 16.7. The molecule has 0 aliphatic rings. The number of benzene rings is 1. The van der Waals surface area contributed by atoms with Crippen LogP contribution in [0.2, 0.25) is 0 Å². The minimum absolute atomic E-state index is 0.0350. The summed E-state index contributed by atoms with van der Waals surface area (Å²) in [6, 6.07) is -15.0. The van der Waals surface area contributed by atoms with Gasteiger partial charge < -0.3 is 140 Å². The molecule has 0 bridgehead atoms. The minimum Gasteiger partial charge on any atom is -0.481 e. The number of nitrogens with one attached hydrogen (secondary N) is 17. The van der Waals surface area contributed by atoms with Crippen molar-refractivity contribution in [3.63, 3.8) is 0 Å². The van der Waals surface area contributed by atoms with Gasteiger partial charge in [-0.25, -0.2) is 9.78 Å². The van der Waals surface area contributed by atoms with E-state index in [-0.39, 0.29) is 89.5 Å². The molecule has 2 aromatic rings. The topological polar surface area (TPSA) is 777 Å². The van der Waals surface area contributed by atoms with Gasteiger partial charge in [-0.05, 0) is 132 Å². The molecule has 730 valence electrons. The third kappa shape index (κ3) is 42.0. The van der Waals surface area contributed by atoms with Gasteiger partial charge in [-0.3, -0.25) is 86.9 Å². The summed E-state index contributed by atoms with van der Waals surface area (Å²) < 4.78 is 0. The summed E-state index contributed by atoms with van der Waals surface area (Å²) in [5.41, 5.74) is 35.0. The van der Waals surface area contributed by atoms with E-state index in [0.717, 1.165) is 0 Å². The number of hydrogen-bond donors (Lipinski definition) is 27. The standard InChI is InChI=1S/C84H142N24O22/c1-12-45(8)66(107-77(123)59(39-50-40-92-42-94-50)102-72(118)55(29-32-62(88)112)99-69(115)51(25-18-20-34-85)96-76(122)58(38-49-23-16-15-17-24-49)103-79(125)64(89)48(11)110)80(126)100-56(30-33-63(113)114)73(119)101-57(37-43(4)5)75(121)97-53(27-22-36-93-84(90)91)70(116)98-54(28-31-61(87)111)71(117)95-52(26-19-21-35-86)74(120)106-67(46(9)13-2)81(127)104-60(41-109)78(124)108-68(47(10)14-3)82(128)105-65(44(6)7)83(129)130/h15-17,23-24,40,42-48,51-60,64-68,109-110H,12-14,18-22,25-39,41,85-86,89H2,1-11H3,(H2,87,111)(H2,88,112)(H,92,94)(H,95,117)(H,96,122)(H,97,121)(H,98,116)(H,99,115)(H,100,126)(H,101,119)(H,102,118)(H,103,125)(H,104,127)(H,105,128)(H,106,120)(H,107,123)(H,108,124)(H,113,114)(H,129,130)(H4,90,91,93)/t45-,46-,47-,48+,51-,52-,53-,54-,55-,56-,57-,58-,59-,60-,64-,65-,66-,67-,68-/m0/s1. The first-order chi connectivity index (χ1) is 61.3. The highest BCUT2D eigenvalue weighted by Crippen LogP contribution is 2.19. The van der Waals surface area contributed by atoms with Crippen LogP contribution in [0, 0.1) is 35.0 Å². The van der Waals surface area contributed by atoms with Crippen LogP contribution >= 0.6 is 0 Å². The molecule has 0 saturated carbocycles. The van der Waals surface area contributed by atoms with Gasteiger partial charge in [0.05, 0.1) is 24.7 Å². The maximum absolute atomic E-state index is 14.9. The molecule has 0 aliphatic carbocycles. The van der Waals surface area contributed by atoms with E-state index in [1.807, 2.05) is 0 Å². The van der Waals surface area contributed by atoms with Crippen molar-refractivity contribution in [3.05, 3.63) is 54.1 Å². The Morgan fingerprint density at radius 3 is 1.12 bits per heavy atom. The van der Waals surface area contributed by atoms with Gasteiger partial charge in [-0.2, -0.15) is 0 Å². The van der Waals surface area contributed by atoms with E-state index < -0.39 is 290 Å². The number of aliphatic hydroxyl groups is 2. The van der Waals surface area contributed by atoms with Gasteiger partial charge >= 0.3 is 11.9 Å². The fraction of sp³-hybridized carbons (Fsp3) is 0.667. The van der Waals surface area contributed by atoms with E-state index in [2.05, 4.69) is 89.7 Å². The third-order valence-corrected chi connectivity index (χ3v) is 21.8. The molecule has 2 rings (SSSR count). The Labute approximate surface area is 756 Å². The Balaban J connectivity index is 2.67. The van der Waals surface area contributed by atoms with Gasteiger partial charge in [0.15, 0.2) is 5.96 Å². The molecule has 33 N–H and O–H groups in total. The van der Waals surface area contributed by atoms with Crippen molar-refractivity contribution in [2.75, 3.05) is 26.2 Å². The number of rotatable bonds is 65. The van der Waals surface area contributed by atoms with Crippen molar-refractivity contribution in [2.24, 2.45) is 64.0 Å². The molecule has 1 aromatic carbocycles. The van der Waals surface area contributed by atoms with Gasteiger partial charge in [-0.15, -0.1) is 0 Å². The molecule has 1 aromatic heterocycles. The lowest BCUT2D eigenvalue weighted by molar-refractivity contribution is -0.144. The van der Waals surface area contributed by atoms with Crippen molar-refractivity contribution in [1.29, 1.82) is 5.41 Å². The zero-order valence-electron chi connectivity index (χ0n) is 76.2. The normalized spacial score (nSPS) is 15.6. The molecule has 130 heavy (non-hydrogen) atoms. The molecule has 16 amide bonds. The van der Waals surface area contributed by atoms with Crippen LogP contribution in [0.1, 0.15) is 203 Å². The number of hydrogen-bond acceptors (Lipinski definition) is 25. The lowest BCUT2D eigenvalue weighted by Crippen LogP contribution is -2.62. The molecular weight excluding hydrogens is 1700 g/mol. The van der Waals surface area contributed by atoms with Crippen molar-refractivity contribution in [2.45, 2.75) is 301 Å². The summed E-state index contributed by atoms with van der Waals surface area (Å²) in [5, 5.41) is 86.3. The average molecular weight is 1840 g/mol. The number of aliphatic hydroxyl groups excluding tert-OH is 2. The summed E-state index contributed by atoms with van der Waals surface area (Å²) in [5.74, 6) is -22.4. The van der Waals surface area contributed by atoms with E-state index in [1.165, 1.54) is 19.4 Å². The number of unbranched alkanes of at least 4 members (excludes halogenated alkanes) is 2. The Bertz CT molecular complexity index is 4030. The average Bonchev–Trinajstić information content (AvgIpc) is 1.23. The number of guanidine groups is 1. The highest BCUT2D eigenvalue weighted by Gasteiger charge is 2.41. The molecule has 0 radical (unpaired) electrons. The van der Waals surface area contributed by atoms with Crippen LogP contribution < -0.4 is 114 Å². The van der Waals surface area contributed by atoms with E-state index in [9.17, 15) is 107 Å². The Morgan fingerprint density at radius 2 is 0.754 bits per heavy atom. The number of carbonyl (C=O) groups excluding carboxylic acids is 16. The summed E-state index contributed by atoms with van der Waals surface area (Å²) >= 11 is 0. The minimum atomic E-state index is -1.81. The van der Waals surface area contributed by atoms with Crippen molar-refractivity contribution < 1.29 is 107 Å². The van der Waals surface area contributed by atoms with Crippen molar-refractivity contribution in [3.8, 4) is 0 Å². The lowest BCUT2D eigenvalue weighted by Gasteiger charge is -2.30. The van der Waals surface area contributed by atoms with Crippen LogP contribution in [0.5, 0.6) is 0 Å². The number of aliphatic carboxylic acids is 2. The van der Waals surface area contributed by atoms with Gasteiger partial charge in [0.1, 0.15) is 90.6 Å². The van der Waals surface area contributed by atoms with E-state index >= 15 is 0 Å². The number of H-pyrrole nitrogens is 1. The number of carbonyl (C=O) groups is 18. The Hall–Kier alpha value is -12.0. The first-order valence-corrected chi connectivity index (χ1v) is 44.1. The first kappa shape index (κ1) is 114. The number of nitrogens with zero attached hydrogens (tertiary/aromatic N) is 1. The smallest absolute Gasteiger partial charge is 0.326 e. The SMILES string of the molecule is CC[C@H](C)[C@H](NC(=O)[C@H](Cc1c[nH]cn1)NC(=O)[C@H](CCC(N)=O)NC(=O)[C@H](CCCCN)NC(=O)[C@H](Cc1ccccc1)NC(=O)[C@@H](N)[C@@H](C)O)C(=O)N[C@@H](CCC(=O)O)C(=O)N[C@@H](CC(C)C)C(=O)N[C@@H](CCCNC(=N)N)C(=O)N[C@@H](CCC(N)=O)C(=O)N[C@@H](CCCCN)C(=O)N[C@H](C(=O)N[C@@H](CO)C(=O)N[C@H](C(=O)N[C@H](C(=O)O)C(C)C)[C@@H](C)CC)[C@@H](C)CC. The molecular formula is C84H142N24O22. The third-order valence-electron chi connectivity index (χ3n) is 21.8. The van der Waals surface area contributed by atoms with Crippen molar-refractivity contribution >= 4 is 112 Å². The molecule has 0 fully saturated rings. The Kier molecular flexibility index (Phi) is 52.6. The van der Waals surface area contributed by atoms with E-state index in [0.29, 0.717) is 24.8 Å². The molecule has 1 heterocycles. The number of aromatic nitrogens is 2. The molecule has 46 nitrogen and oxygen atoms in total. The van der Waals surface area contributed by atoms with Gasteiger partial charge in [0.25, 0.3) is 0 Å². The zero-order chi connectivity index (χ0) is 98.2. The number of amides is 16. The largest absolute Gasteiger partial charge is 0.481 e. The molecule has 19 atom stereocenters. The maximum atomic E-state index is 14.9. The monoisotopic (exact) mass is 1840 g/mol. The lowest BCUT2D eigenvalue weighted by atomic mass is 9.96. The predicted molar refractivity (Wildman–Crippen MR) is 475 cm³/mol. The van der Waals surface area contributed by atoms with Crippen LogP contribution in [0.15, 0.2) is 42.9 Å².